The second-order valence-corrected chi connectivity index (χ2v) is 5.36. The third-order valence-corrected chi connectivity index (χ3v) is 4.01. The summed E-state index contributed by atoms with van der Waals surface area (Å²) in [7, 11) is 0. The summed E-state index contributed by atoms with van der Waals surface area (Å²) in [5, 5.41) is 19.7. The molecule has 20 heavy (non-hydrogen) atoms. The Morgan fingerprint density at radius 3 is 2.75 bits per heavy atom. The van der Waals surface area contributed by atoms with Gasteiger partial charge in [-0.1, -0.05) is 12.1 Å². The smallest absolute Gasteiger partial charge is 0.407 e. The van der Waals surface area contributed by atoms with Crippen molar-refractivity contribution >= 4 is 11.8 Å². The number of hydrogen-bond donors (Lipinski definition) is 1. The fraction of sp³-hybridized carbons (Fsp3) is 0.462. The molecule has 2 aliphatic heterocycles. The lowest BCUT2D eigenvalue weighted by Gasteiger charge is -2.31. The van der Waals surface area contributed by atoms with E-state index in [1.165, 1.54) is 17.0 Å². The van der Waals surface area contributed by atoms with Gasteiger partial charge in [0.05, 0.1) is 29.7 Å². The van der Waals surface area contributed by atoms with Crippen molar-refractivity contribution in [3.63, 3.8) is 0 Å². The Morgan fingerprint density at radius 1 is 1.50 bits per heavy atom. The van der Waals surface area contributed by atoms with E-state index in [1.54, 1.807) is 12.1 Å². The van der Waals surface area contributed by atoms with E-state index in [0.29, 0.717) is 26.0 Å². The molecule has 2 heterocycles. The van der Waals surface area contributed by atoms with Gasteiger partial charge in [-0.25, -0.2) is 4.79 Å². The van der Waals surface area contributed by atoms with Crippen molar-refractivity contribution in [2.45, 2.75) is 24.5 Å². The highest BCUT2D eigenvalue weighted by atomic mass is 16.6. The Kier molecular flexibility index (Phi) is 2.86. The molecular weight excluding hydrogens is 264 g/mol. The van der Waals surface area contributed by atoms with E-state index < -0.39 is 16.6 Å². The zero-order valence-corrected chi connectivity index (χ0v) is 10.7. The number of hydrogen-bond acceptors (Lipinski definition) is 4. The summed E-state index contributed by atoms with van der Waals surface area (Å²) in [6.07, 6.45) is 0.352. The molecule has 3 rings (SSSR count). The molecule has 7 nitrogen and oxygen atoms in total. The van der Waals surface area contributed by atoms with Crippen molar-refractivity contribution in [3.05, 3.63) is 39.9 Å². The van der Waals surface area contributed by atoms with E-state index in [-0.39, 0.29) is 11.7 Å². The van der Waals surface area contributed by atoms with Crippen LogP contribution in [0.3, 0.4) is 0 Å². The van der Waals surface area contributed by atoms with E-state index in [1.807, 2.05) is 0 Å². The first-order valence-electron chi connectivity index (χ1n) is 6.36. The highest BCUT2D eigenvalue weighted by molar-refractivity contribution is 5.66. The molecule has 2 atom stereocenters. The molecule has 0 spiro atoms. The summed E-state index contributed by atoms with van der Waals surface area (Å²) in [6, 6.07) is 6.26. The van der Waals surface area contributed by atoms with Gasteiger partial charge in [0.2, 0.25) is 0 Å². The van der Waals surface area contributed by atoms with Crippen LogP contribution in [0.25, 0.3) is 0 Å². The van der Waals surface area contributed by atoms with Crippen molar-refractivity contribution in [1.29, 1.82) is 0 Å². The van der Waals surface area contributed by atoms with Gasteiger partial charge in [0.25, 0.3) is 5.69 Å². The van der Waals surface area contributed by atoms with Crippen molar-refractivity contribution in [2.75, 3.05) is 13.2 Å². The Balaban J connectivity index is 1.75. The van der Waals surface area contributed by atoms with Crippen LogP contribution in [-0.4, -0.2) is 45.8 Å². The van der Waals surface area contributed by atoms with Crippen LogP contribution in [0.15, 0.2) is 24.3 Å². The summed E-state index contributed by atoms with van der Waals surface area (Å²) in [5.41, 5.74) is 0.498. The molecule has 0 aromatic heterocycles. The molecule has 2 fully saturated rings. The van der Waals surface area contributed by atoms with Crippen molar-refractivity contribution in [2.24, 2.45) is 0 Å². The monoisotopic (exact) mass is 278 g/mol. The molecule has 0 unspecified atom stereocenters. The van der Waals surface area contributed by atoms with Gasteiger partial charge in [-0.3, -0.25) is 10.1 Å². The van der Waals surface area contributed by atoms with Crippen LogP contribution < -0.4 is 0 Å². The quantitative estimate of drug-likeness (QED) is 0.670. The summed E-state index contributed by atoms with van der Waals surface area (Å²) in [4.78, 5) is 22.7. The van der Waals surface area contributed by atoms with Crippen LogP contribution in [-0.2, 0) is 11.2 Å². The zero-order valence-electron chi connectivity index (χ0n) is 10.7. The fourth-order valence-corrected chi connectivity index (χ4v) is 3.08. The Bertz CT molecular complexity index is 558. The second-order valence-electron chi connectivity index (χ2n) is 5.36. The molecule has 2 saturated heterocycles. The van der Waals surface area contributed by atoms with E-state index >= 15 is 0 Å². The lowest BCUT2D eigenvalue weighted by molar-refractivity contribution is -0.384. The molecule has 0 saturated carbocycles. The number of benzene rings is 1. The molecule has 0 radical (unpaired) electrons. The number of rotatable bonds is 3. The SMILES string of the molecule is O=C(O)N1C[C@]2(Cc3ccc([N+](=O)[O-])cc3)C[C@H]1CO2. The first-order valence-corrected chi connectivity index (χ1v) is 6.36. The van der Waals surface area contributed by atoms with Gasteiger partial charge in [0, 0.05) is 25.0 Å². The molecule has 1 N–H and O–H groups in total. The molecule has 106 valence electrons. The lowest BCUT2D eigenvalue weighted by Crippen LogP contribution is -2.46. The van der Waals surface area contributed by atoms with E-state index in [4.69, 9.17) is 9.84 Å². The number of carboxylic acid groups (broad SMARTS) is 1. The normalized spacial score (nSPS) is 27.8. The number of non-ortho nitro benzene ring substituents is 1. The third-order valence-electron chi connectivity index (χ3n) is 4.01. The molecule has 2 bridgehead atoms. The Hall–Kier alpha value is -2.15. The number of nitro groups is 1. The highest BCUT2D eigenvalue weighted by Gasteiger charge is 2.52. The second kappa shape index (κ2) is 4.45. The molecule has 1 aromatic carbocycles. The van der Waals surface area contributed by atoms with Crippen LogP contribution in [0.2, 0.25) is 0 Å². The van der Waals surface area contributed by atoms with Crippen LogP contribution in [0.1, 0.15) is 12.0 Å². The molecular formula is C13H14N2O5. The molecule has 0 aliphatic carbocycles. The summed E-state index contributed by atoms with van der Waals surface area (Å²) in [6.45, 7) is 0.795. The molecule has 7 heteroatoms. The van der Waals surface area contributed by atoms with Gasteiger partial charge in [-0.15, -0.1) is 0 Å². The van der Waals surface area contributed by atoms with Gasteiger partial charge < -0.3 is 14.7 Å². The average Bonchev–Trinajstić information content (AvgIpc) is 2.97. The van der Waals surface area contributed by atoms with Crippen molar-refractivity contribution in [3.8, 4) is 0 Å². The number of nitro benzene ring substituents is 1. The lowest BCUT2D eigenvalue weighted by atomic mass is 9.93. The first-order chi connectivity index (χ1) is 9.49. The molecule has 1 amide bonds. The van der Waals surface area contributed by atoms with Gasteiger partial charge in [0.1, 0.15) is 0 Å². The van der Waals surface area contributed by atoms with Crippen LogP contribution >= 0.6 is 0 Å². The molecule has 1 aromatic rings. The van der Waals surface area contributed by atoms with E-state index in [2.05, 4.69) is 0 Å². The Labute approximate surface area is 114 Å². The average molecular weight is 278 g/mol. The predicted octanol–water partition coefficient (Wildman–Crippen LogP) is 1.66. The first kappa shape index (κ1) is 12.9. The topological polar surface area (TPSA) is 92.9 Å². The fourth-order valence-electron chi connectivity index (χ4n) is 3.08. The maximum absolute atomic E-state index is 11.1. The van der Waals surface area contributed by atoms with Crippen molar-refractivity contribution in [1.82, 2.24) is 4.90 Å². The Morgan fingerprint density at radius 2 is 2.20 bits per heavy atom. The summed E-state index contributed by atoms with van der Waals surface area (Å²) >= 11 is 0. The van der Waals surface area contributed by atoms with Crippen LogP contribution in [0.4, 0.5) is 10.5 Å². The minimum absolute atomic E-state index is 0.0510. The predicted molar refractivity (Wildman–Crippen MR) is 68.6 cm³/mol. The maximum atomic E-state index is 11.1. The number of carbonyl (C=O) groups is 1. The molecule has 2 aliphatic rings. The number of fused-ring (bicyclic) bond motifs is 2. The maximum Gasteiger partial charge on any atom is 0.407 e. The number of nitrogens with zero attached hydrogens (tertiary/aromatic N) is 2. The van der Waals surface area contributed by atoms with E-state index in [9.17, 15) is 14.9 Å². The van der Waals surface area contributed by atoms with Gasteiger partial charge in [-0.05, 0) is 5.56 Å². The van der Waals surface area contributed by atoms with Gasteiger partial charge >= 0.3 is 6.09 Å². The minimum Gasteiger partial charge on any atom is -0.465 e. The van der Waals surface area contributed by atoms with Gasteiger partial charge in [0.15, 0.2) is 0 Å². The highest BCUT2D eigenvalue weighted by Crippen LogP contribution is 2.40. The number of ether oxygens (including phenoxy) is 1. The third kappa shape index (κ3) is 2.09. The number of likely N-dealkylation sites (tertiary alicyclic amines) is 1. The van der Waals surface area contributed by atoms with Crippen molar-refractivity contribution < 1.29 is 19.6 Å². The standard InChI is InChI=1S/C13H14N2O5/c16-12(17)14-8-13(6-11(14)7-20-13)5-9-1-3-10(4-2-9)15(18)19/h1-4,11H,5-8H2,(H,16,17)/t11-,13-/m0/s1. The van der Waals surface area contributed by atoms with E-state index in [0.717, 1.165) is 5.56 Å². The number of amides is 1. The van der Waals surface area contributed by atoms with Crippen LogP contribution in [0, 0.1) is 10.1 Å². The van der Waals surface area contributed by atoms with Crippen LogP contribution in [0.5, 0.6) is 0 Å². The summed E-state index contributed by atoms with van der Waals surface area (Å²) in [5.74, 6) is 0. The summed E-state index contributed by atoms with van der Waals surface area (Å²) < 4.78 is 5.76. The largest absolute Gasteiger partial charge is 0.465 e. The minimum atomic E-state index is -0.913. The zero-order chi connectivity index (χ0) is 14.3. The number of morpholine rings is 1. The van der Waals surface area contributed by atoms with Gasteiger partial charge in [-0.2, -0.15) is 0 Å².